The molecule has 176 valence electrons. The Morgan fingerprint density at radius 3 is 2.65 bits per heavy atom. The molecule has 9 nitrogen and oxygen atoms in total. The minimum atomic E-state index is -0.456. The van der Waals surface area contributed by atoms with Crippen LogP contribution in [0.5, 0.6) is 5.75 Å². The normalized spacial score (nSPS) is 15.4. The first kappa shape index (κ1) is 22.4. The molecule has 3 N–H and O–H groups in total. The van der Waals surface area contributed by atoms with Crippen molar-refractivity contribution in [3.8, 4) is 28.4 Å². The third kappa shape index (κ3) is 4.13. The molecule has 3 heterocycles. The lowest BCUT2D eigenvalue weighted by Gasteiger charge is -2.22. The number of rotatable bonds is 6. The number of phenols is 1. The highest BCUT2D eigenvalue weighted by molar-refractivity contribution is 6.30. The molecule has 1 unspecified atom stereocenters. The predicted octanol–water partition coefficient (Wildman–Crippen LogP) is 2.28. The molecule has 1 atom stereocenters. The topological polar surface area (TPSA) is 118 Å². The van der Waals surface area contributed by atoms with E-state index in [1.165, 1.54) is 21.4 Å². The first-order valence-corrected chi connectivity index (χ1v) is 11.4. The van der Waals surface area contributed by atoms with Crippen LogP contribution in [0.15, 0.2) is 53.3 Å². The molecule has 1 aliphatic heterocycles. The number of hydrogen-bond acceptors (Lipinski definition) is 6. The number of aromatic hydroxyl groups is 1. The van der Waals surface area contributed by atoms with Crippen molar-refractivity contribution in [1.82, 2.24) is 23.9 Å². The first-order valence-electron chi connectivity index (χ1n) is 11.0. The predicted molar refractivity (Wildman–Crippen MR) is 127 cm³/mol. The van der Waals surface area contributed by atoms with Crippen LogP contribution in [0.3, 0.4) is 0 Å². The van der Waals surface area contributed by atoms with Gasteiger partial charge in [-0.2, -0.15) is 0 Å². The van der Waals surface area contributed by atoms with E-state index in [9.17, 15) is 20.1 Å². The van der Waals surface area contributed by atoms with Crippen LogP contribution < -0.4 is 5.69 Å². The molecule has 4 aromatic rings. The third-order valence-electron chi connectivity index (χ3n) is 6.03. The summed E-state index contributed by atoms with van der Waals surface area (Å²) in [6, 6.07) is 13.8. The largest absolute Gasteiger partial charge is 0.508 e. The molecule has 0 amide bonds. The molecule has 0 spiro atoms. The number of fused-ring (bicyclic) bond motifs is 1. The van der Waals surface area contributed by atoms with Crippen molar-refractivity contribution in [2.45, 2.75) is 38.6 Å². The smallest absolute Gasteiger partial charge is 0.346 e. The molecule has 0 bridgehead atoms. The zero-order chi connectivity index (χ0) is 23.8. The second-order valence-corrected chi connectivity index (χ2v) is 8.75. The number of benzene rings is 2. The SMILES string of the molecule is O=c1n(Cc2nc(-c3cccc(Cl)c3)c3n2CCC(O)C3)nc(-c2ccc(O)cc2)n1CCO. The maximum Gasteiger partial charge on any atom is 0.346 e. The Kier molecular flexibility index (Phi) is 5.99. The Hall–Kier alpha value is -3.40. The van der Waals surface area contributed by atoms with Crippen LogP contribution in [0.4, 0.5) is 0 Å². The van der Waals surface area contributed by atoms with Gasteiger partial charge in [-0.3, -0.25) is 4.57 Å². The molecule has 2 aromatic heterocycles. The molecule has 1 aliphatic rings. The summed E-state index contributed by atoms with van der Waals surface area (Å²) in [7, 11) is 0. The molecular weight excluding hydrogens is 458 g/mol. The van der Waals surface area contributed by atoms with Gasteiger partial charge in [0, 0.05) is 34.8 Å². The summed E-state index contributed by atoms with van der Waals surface area (Å²) in [6.07, 6.45) is 0.599. The average molecular weight is 482 g/mol. The Balaban J connectivity index is 1.58. The minimum absolute atomic E-state index is 0.0920. The van der Waals surface area contributed by atoms with Crippen LogP contribution in [0, 0.1) is 0 Å². The standard InChI is InChI=1S/C24H24ClN5O4/c25-17-3-1-2-16(12-17)22-20-13-19(33)8-9-28(20)21(26-22)14-30-24(34)29(10-11-31)23(27-30)15-4-6-18(32)7-5-15/h1-7,12,19,31-33H,8-11,13-14H2. The summed E-state index contributed by atoms with van der Waals surface area (Å²) < 4.78 is 4.79. The van der Waals surface area contributed by atoms with Gasteiger partial charge in [0.2, 0.25) is 0 Å². The lowest BCUT2D eigenvalue weighted by molar-refractivity contribution is 0.143. The summed E-state index contributed by atoms with van der Waals surface area (Å²) in [6.45, 7) is 0.587. The van der Waals surface area contributed by atoms with Gasteiger partial charge in [-0.15, -0.1) is 5.10 Å². The van der Waals surface area contributed by atoms with Crippen LogP contribution in [-0.2, 0) is 26.1 Å². The molecule has 34 heavy (non-hydrogen) atoms. The second kappa shape index (κ2) is 9.09. The van der Waals surface area contributed by atoms with Crippen molar-refractivity contribution < 1.29 is 15.3 Å². The Morgan fingerprint density at radius 2 is 1.91 bits per heavy atom. The monoisotopic (exact) mass is 481 g/mol. The highest BCUT2D eigenvalue weighted by atomic mass is 35.5. The van der Waals surface area contributed by atoms with Crippen molar-refractivity contribution in [3.63, 3.8) is 0 Å². The van der Waals surface area contributed by atoms with Crippen molar-refractivity contribution in [2.24, 2.45) is 0 Å². The van der Waals surface area contributed by atoms with Gasteiger partial charge in [0.1, 0.15) is 18.1 Å². The van der Waals surface area contributed by atoms with Crippen molar-refractivity contribution in [2.75, 3.05) is 6.61 Å². The quantitative estimate of drug-likeness (QED) is 0.389. The van der Waals surface area contributed by atoms with Crippen molar-refractivity contribution in [3.05, 3.63) is 75.6 Å². The van der Waals surface area contributed by atoms with E-state index < -0.39 is 6.10 Å². The fourth-order valence-electron chi connectivity index (χ4n) is 4.40. The maximum atomic E-state index is 13.2. The van der Waals surface area contributed by atoms with E-state index in [-0.39, 0.29) is 31.1 Å². The number of aliphatic hydroxyl groups excluding tert-OH is 2. The molecular formula is C24H24ClN5O4. The average Bonchev–Trinajstić information content (AvgIpc) is 3.33. The number of hydrogen-bond donors (Lipinski definition) is 3. The van der Waals surface area contributed by atoms with Gasteiger partial charge in [0.15, 0.2) is 5.82 Å². The molecule has 5 rings (SSSR count). The second-order valence-electron chi connectivity index (χ2n) is 8.32. The third-order valence-corrected chi connectivity index (χ3v) is 6.26. The molecule has 0 saturated carbocycles. The van der Waals surface area contributed by atoms with Gasteiger partial charge in [0.05, 0.1) is 24.9 Å². The zero-order valence-corrected chi connectivity index (χ0v) is 19.1. The van der Waals surface area contributed by atoms with E-state index in [0.29, 0.717) is 41.6 Å². The van der Waals surface area contributed by atoms with E-state index in [1.54, 1.807) is 18.2 Å². The van der Waals surface area contributed by atoms with Crippen molar-refractivity contribution in [1.29, 1.82) is 0 Å². The first-order chi connectivity index (χ1) is 16.4. The highest BCUT2D eigenvalue weighted by Gasteiger charge is 2.26. The van der Waals surface area contributed by atoms with Gasteiger partial charge < -0.3 is 19.9 Å². The van der Waals surface area contributed by atoms with Gasteiger partial charge in [-0.1, -0.05) is 23.7 Å². The molecule has 0 aliphatic carbocycles. The number of phenolic OH excluding ortho intramolecular Hbond substituents is 1. The molecule has 10 heteroatoms. The van der Waals surface area contributed by atoms with Crippen LogP contribution in [0.2, 0.25) is 5.02 Å². The molecule has 0 fully saturated rings. The van der Waals surface area contributed by atoms with Gasteiger partial charge in [-0.25, -0.2) is 14.5 Å². The Morgan fingerprint density at radius 1 is 1.12 bits per heavy atom. The van der Waals surface area contributed by atoms with Crippen LogP contribution in [0.1, 0.15) is 17.9 Å². The van der Waals surface area contributed by atoms with E-state index in [4.69, 9.17) is 16.6 Å². The Labute approximate surface area is 200 Å². The highest BCUT2D eigenvalue weighted by Crippen LogP contribution is 2.31. The lowest BCUT2D eigenvalue weighted by atomic mass is 10.0. The maximum absolute atomic E-state index is 13.2. The fraction of sp³-hybridized carbons (Fsp3) is 0.292. The van der Waals surface area contributed by atoms with Crippen LogP contribution in [0.25, 0.3) is 22.6 Å². The van der Waals surface area contributed by atoms with Gasteiger partial charge in [0.25, 0.3) is 0 Å². The summed E-state index contributed by atoms with van der Waals surface area (Å²) in [5, 5.41) is 34.5. The van der Waals surface area contributed by atoms with Gasteiger partial charge >= 0.3 is 5.69 Å². The summed E-state index contributed by atoms with van der Waals surface area (Å²) in [5.41, 5.74) is 2.76. The van der Waals surface area contributed by atoms with Crippen LogP contribution in [-0.4, -0.2) is 51.9 Å². The van der Waals surface area contributed by atoms with Crippen LogP contribution >= 0.6 is 11.6 Å². The number of aliphatic hydroxyl groups is 2. The number of nitrogens with zero attached hydrogens (tertiary/aromatic N) is 5. The summed E-state index contributed by atoms with van der Waals surface area (Å²) in [4.78, 5) is 18.0. The molecule has 2 aromatic carbocycles. The number of halogens is 1. The van der Waals surface area contributed by atoms with Gasteiger partial charge in [-0.05, 0) is 42.8 Å². The van der Waals surface area contributed by atoms with E-state index in [1.807, 2.05) is 22.8 Å². The Bertz CT molecular complexity index is 1390. The fourth-order valence-corrected chi connectivity index (χ4v) is 4.59. The lowest BCUT2D eigenvalue weighted by Crippen LogP contribution is -2.29. The van der Waals surface area contributed by atoms with Crippen molar-refractivity contribution >= 4 is 11.6 Å². The van der Waals surface area contributed by atoms with E-state index in [0.717, 1.165) is 17.0 Å². The molecule has 0 saturated heterocycles. The minimum Gasteiger partial charge on any atom is -0.508 e. The molecule has 0 radical (unpaired) electrons. The number of imidazole rings is 1. The zero-order valence-electron chi connectivity index (χ0n) is 18.3. The van der Waals surface area contributed by atoms with E-state index in [2.05, 4.69) is 5.10 Å². The summed E-state index contributed by atoms with van der Waals surface area (Å²) >= 11 is 6.20. The van der Waals surface area contributed by atoms with E-state index >= 15 is 0 Å². The summed E-state index contributed by atoms with van der Waals surface area (Å²) in [5.74, 6) is 1.17. The number of aromatic nitrogens is 5.